The summed E-state index contributed by atoms with van der Waals surface area (Å²) in [6.45, 7) is 1.77. The third-order valence-electron chi connectivity index (χ3n) is 3.27. The van der Waals surface area contributed by atoms with Crippen LogP contribution < -0.4 is 0 Å². The summed E-state index contributed by atoms with van der Waals surface area (Å²) in [5.41, 5.74) is 3.66. The first-order valence-electron chi connectivity index (χ1n) is 5.53. The average molecular weight is 204 g/mol. The molecule has 2 rings (SSSR count). The van der Waals surface area contributed by atoms with Crippen molar-refractivity contribution in [2.24, 2.45) is 0 Å². The number of carboxylic acids is 1. The van der Waals surface area contributed by atoms with Crippen molar-refractivity contribution in [3.05, 3.63) is 34.9 Å². The van der Waals surface area contributed by atoms with E-state index in [1.165, 1.54) is 24.0 Å². The lowest BCUT2D eigenvalue weighted by Gasteiger charge is -2.21. The molecule has 0 amide bonds. The maximum Gasteiger partial charge on any atom is 0.310 e. The first-order chi connectivity index (χ1) is 7.20. The molecule has 0 heterocycles. The number of hydrogen-bond acceptors (Lipinski definition) is 1. The number of aliphatic carboxylic acids is 1. The van der Waals surface area contributed by atoms with Crippen LogP contribution in [0.2, 0.25) is 0 Å². The van der Waals surface area contributed by atoms with Crippen molar-refractivity contribution in [2.75, 3.05) is 0 Å². The van der Waals surface area contributed by atoms with E-state index in [-0.39, 0.29) is 5.92 Å². The standard InChI is InChI=1S/C13H16O2/c1-9(13(14)15)11-8-4-6-10-5-2-3-7-12(10)11/h4,6,8-9H,2-3,5,7H2,1H3,(H,14,15). The Morgan fingerprint density at radius 2 is 2.07 bits per heavy atom. The maximum absolute atomic E-state index is 11.0. The highest BCUT2D eigenvalue weighted by molar-refractivity contribution is 5.76. The summed E-state index contributed by atoms with van der Waals surface area (Å²) in [6.07, 6.45) is 4.58. The van der Waals surface area contributed by atoms with Crippen LogP contribution >= 0.6 is 0 Å². The number of benzene rings is 1. The van der Waals surface area contributed by atoms with E-state index < -0.39 is 5.97 Å². The summed E-state index contributed by atoms with van der Waals surface area (Å²) in [5.74, 6) is -1.10. The molecule has 0 bridgehead atoms. The van der Waals surface area contributed by atoms with Crippen LogP contribution in [0.1, 0.15) is 42.4 Å². The van der Waals surface area contributed by atoms with Gasteiger partial charge >= 0.3 is 5.97 Å². The highest BCUT2D eigenvalue weighted by Gasteiger charge is 2.20. The van der Waals surface area contributed by atoms with Crippen LogP contribution in [0.3, 0.4) is 0 Å². The van der Waals surface area contributed by atoms with Gasteiger partial charge in [0.05, 0.1) is 5.92 Å². The van der Waals surface area contributed by atoms with Crippen LogP contribution in [0.4, 0.5) is 0 Å². The summed E-state index contributed by atoms with van der Waals surface area (Å²) in [7, 11) is 0. The fourth-order valence-electron chi connectivity index (χ4n) is 2.35. The van der Waals surface area contributed by atoms with Crippen LogP contribution in [0.5, 0.6) is 0 Å². The largest absolute Gasteiger partial charge is 0.481 e. The van der Waals surface area contributed by atoms with Crippen LogP contribution in [0, 0.1) is 0 Å². The molecule has 1 aromatic rings. The average Bonchev–Trinajstić information content (AvgIpc) is 2.27. The molecule has 1 N–H and O–H groups in total. The van der Waals surface area contributed by atoms with Gasteiger partial charge in [-0.1, -0.05) is 18.2 Å². The van der Waals surface area contributed by atoms with E-state index in [1.54, 1.807) is 6.92 Å². The molecule has 1 aliphatic carbocycles. The Balaban J connectivity index is 2.43. The molecule has 2 nitrogen and oxygen atoms in total. The Bertz CT molecular complexity index is 382. The van der Waals surface area contributed by atoms with Gasteiger partial charge in [-0.05, 0) is 49.3 Å². The Morgan fingerprint density at radius 1 is 1.33 bits per heavy atom. The van der Waals surface area contributed by atoms with Gasteiger partial charge in [-0.2, -0.15) is 0 Å². The second kappa shape index (κ2) is 4.05. The van der Waals surface area contributed by atoms with Gasteiger partial charge in [0.15, 0.2) is 0 Å². The predicted molar refractivity (Wildman–Crippen MR) is 59.1 cm³/mol. The molecule has 2 heteroatoms. The van der Waals surface area contributed by atoms with E-state index in [1.807, 2.05) is 12.1 Å². The lowest BCUT2D eigenvalue weighted by molar-refractivity contribution is -0.138. The fourth-order valence-corrected chi connectivity index (χ4v) is 2.35. The van der Waals surface area contributed by atoms with Crippen molar-refractivity contribution < 1.29 is 9.90 Å². The van der Waals surface area contributed by atoms with E-state index in [0.717, 1.165) is 18.4 Å². The number of rotatable bonds is 2. The highest BCUT2D eigenvalue weighted by Crippen LogP contribution is 2.29. The van der Waals surface area contributed by atoms with Gasteiger partial charge in [0.1, 0.15) is 0 Å². The molecule has 0 saturated carbocycles. The summed E-state index contributed by atoms with van der Waals surface area (Å²) < 4.78 is 0. The van der Waals surface area contributed by atoms with Crippen LogP contribution in [-0.2, 0) is 17.6 Å². The third kappa shape index (κ3) is 1.89. The number of hydrogen-bond donors (Lipinski definition) is 1. The Kier molecular flexibility index (Phi) is 2.76. The molecule has 1 aliphatic rings. The first-order valence-corrected chi connectivity index (χ1v) is 5.53. The molecule has 0 fully saturated rings. The minimum absolute atomic E-state index is 0.377. The molecular weight excluding hydrogens is 188 g/mol. The van der Waals surface area contributed by atoms with Gasteiger partial charge in [-0.15, -0.1) is 0 Å². The topological polar surface area (TPSA) is 37.3 Å². The van der Waals surface area contributed by atoms with Crippen molar-refractivity contribution in [1.82, 2.24) is 0 Å². The number of carboxylic acid groups (broad SMARTS) is 1. The minimum Gasteiger partial charge on any atom is -0.481 e. The van der Waals surface area contributed by atoms with Gasteiger partial charge in [0, 0.05) is 0 Å². The fraction of sp³-hybridized carbons (Fsp3) is 0.462. The van der Waals surface area contributed by atoms with Gasteiger partial charge in [-0.3, -0.25) is 4.79 Å². The van der Waals surface area contributed by atoms with Gasteiger partial charge < -0.3 is 5.11 Å². The zero-order chi connectivity index (χ0) is 10.8. The number of fused-ring (bicyclic) bond motifs is 1. The molecule has 80 valence electrons. The third-order valence-corrected chi connectivity index (χ3v) is 3.27. The quantitative estimate of drug-likeness (QED) is 0.804. The Hall–Kier alpha value is -1.31. The van der Waals surface area contributed by atoms with Gasteiger partial charge in [0.2, 0.25) is 0 Å². The van der Waals surface area contributed by atoms with Crippen molar-refractivity contribution >= 4 is 5.97 Å². The van der Waals surface area contributed by atoms with E-state index in [0.29, 0.717) is 0 Å². The molecule has 0 spiro atoms. The zero-order valence-electron chi connectivity index (χ0n) is 8.99. The number of carbonyl (C=O) groups is 1. The lowest BCUT2D eigenvalue weighted by Crippen LogP contribution is -2.13. The van der Waals surface area contributed by atoms with E-state index in [2.05, 4.69) is 6.07 Å². The molecule has 0 aromatic heterocycles. The zero-order valence-corrected chi connectivity index (χ0v) is 8.99. The van der Waals surface area contributed by atoms with E-state index in [9.17, 15) is 4.79 Å². The van der Waals surface area contributed by atoms with Gasteiger partial charge in [0.25, 0.3) is 0 Å². The Labute approximate surface area is 89.9 Å². The van der Waals surface area contributed by atoms with Crippen molar-refractivity contribution in [3.63, 3.8) is 0 Å². The van der Waals surface area contributed by atoms with Crippen molar-refractivity contribution in [1.29, 1.82) is 0 Å². The molecule has 0 aliphatic heterocycles. The van der Waals surface area contributed by atoms with Crippen LogP contribution in [0.25, 0.3) is 0 Å². The van der Waals surface area contributed by atoms with E-state index in [4.69, 9.17) is 5.11 Å². The molecular formula is C13H16O2. The summed E-state index contributed by atoms with van der Waals surface area (Å²) in [6, 6.07) is 6.08. The Morgan fingerprint density at radius 3 is 2.80 bits per heavy atom. The first kappa shape index (κ1) is 10.2. The van der Waals surface area contributed by atoms with Crippen molar-refractivity contribution in [3.8, 4) is 0 Å². The molecule has 1 aromatic carbocycles. The van der Waals surface area contributed by atoms with Crippen molar-refractivity contribution in [2.45, 2.75) is 38.5 Å². The lowest BCUT2D eigenvalue weighted by atomic mass is 9.84. The maximum atomic E-state index is 11.0. The molecule has 0 radical (unpaired) electrons. The molecule has 15 heavy (non-hydrogen) atoms. The molecule has 1 atom stereocenters. The molecule has 0 saturated heterocycles. The van der Waals surface area contributed by atoms with E-state index >= 15 is 0 Å². The summed E-state index contributed by atoms with van der Waals surface area (Å²) in [4.78, 5) is 11.0. The summed E-state index contributed by atoms with van der Waals surface area (Å²) >= 11 is 0. The monoisotopic (exact) mass is 204 g/mol. The smallest absolute Gasteiger partial charge is 0.310 e. The second-order valence-corrected chi connectivity index (χ2v) is 4.25. The van der Waals surface area contributed by atoms with Crippen LogP contribution in [0.15, 0.2) is 18.2 Å². The summed E-state index contributed by atoms with van der Waals surface area (Å²) in [5, 5.41) is 9.04. The second-order valence-electron chi connectivity index (χ2n) is 4.25. The molecule has 1 unspecified atom stereocenters. The highest BCUT2D eigenvalue weighted by atomic mass is 16.4. The van der Waals surface area contributed by atoms with Gasteiger partial charge in [-0.25, -0.2) is 0 Å². The minimum atomic E-state index is -0.728. The number of aryl methyl sites for hydroxylation is 1. The van der Waals surface area contributed by atoms with Crippen LogP contribution in [-0.4, -0.2) is 11.1 Å². The predicted octanol–water partition coefficient (Wildman–Crippen LogP) is 2.75. The normalized spacial score (nSPS) is 16.9. The SMILES string of the molecule is CC(C(=O)O)c1cccc2c1CCCC2.